The molecule has 2 fully saturated rings. The molecule has 2 atom stereocenters. The molecule has 0 aromatic heterocycles. The molecule has 1 aromatic carbocycles. The molecule has 1 saturated carbocycles. The van der Waals surface area contributed by atoms with E-state index in [1.807, 2.05) is 18.2 Å². The Balaban J connectivity index is 1.75. The van der Waals surface area contributed by atoms with Crippen LogP contribution in [0.2, 0.25) is 0 Å². The largest absolute Gasteiger partial charge is 0.326 e. The van der Waals surface area contributed by atoms with Gasteiger partial charge in [-0.15, -0.1) is 0 Å². The molecule has 0 spiro atoms. The fraction of sp³-hybridized carbons (Fsp3) is 0.529. The highest BCUT2D eigenvalue weighted by Gasteiger charge is 2.49. The van der Waals surface area contributed by atoms with E-state index in [1.54, 1.807) is 6.07 Å². The monoisotopic (exact) mass is 301 g/mol. The number of rotatable bonds is 3. The van der Waals surface area contributed by atoms with Crippen molar-refractivity contribution in [2.24, 2.45) is 11.3 Å². The second-order valence-electron chi connectivity index (χ2n) is 6.45. The number of fused-ring (bicyclic) bond motifs is 1. The molecule has 0 unspecified atom stereocenters. The number of hydrogen-bond acceptors (Lipinski definition) is 3. The van der Waals surface area contributed by atoms with Gasteiger partial charge in [-0.05, 0) is 43.5 Å². The van der Waals surface area contributed by atoms with E-state index in [2.05, 4.69) is 16.0 Å². The predicted molar refractivity (Wildman–Crippen MR) is 86.6 cm³/mol. The molecule has 3 N–H and O–H groups in total. The molecule has 1 aliphatic heterocycles. The molecule has 1 aromatic rings. The van der Waals surface area contributed by atoms with Crippen LogP contribution in [0.25, 0.3) is 0 Å². The van der Waals surface area contributed by atoms with E-state index in [0.29, 0.717) is 11.6 Å². The van der Waals surface area contributed by atoms with E-state index in [4.69, 9.17) is 0 Å². The van der Waals surface area contributed by atoms with Crippen molar-refractivity contribution < 1.29 is 9.59 Å². The first kappa shape index (κ1) is 15.0. The van der Waals surface area contributed by atoms with Crippen LogP contribution in [0.5, 0.6) is 0 Å². The van der Waals surface area contributed by atoms with Gasteiger partial charge in [0.2, 0.25) is 11.8 Å². The Bertz CT molecular complexity index is 587. The Labute approximate surface area is 130 Å². The first-order chi connectivity index (χ1) is 10.6. The van der Waals surface area contributed by atoms with Crippen LogP contribution in [0.15, 0.2) is 24.3 Å². The van der Waals surface area contributed by atoms with Crippen LogP contribution in [0.1, 0.15) is 32.6 Å². The molecule has 22 heavy (non-hydrogen) atoms. The Morgan fingerprint density at radius 2 is 2.00 bits per heavy atom. The van der Waals surface area contributed by atoms with Gasteiger partial charge < -0.3 is 16.0 Å². The molecule has 0 bridgehead atoms. The summed E-state index contributed by atoms with van der Waals surface area (Å²) in [5.41, 5.74) is 1.18. The van der Waals surface area contributed by atoms with Gasteiger partial charge in [-0.3, -0.25) is 9.59 Å². The van der Waals surface area contributed by atoms with E-state index in [9.17, 15) is 9.59 Å². The molecule has 0 radical (unpaired) electrons. The van der Waals surface area contributed by atoms with Gasteiger partial charge in [-0.25, -0.2) is 0 Å². The van der Waals surface area contributed by atoms with E-state index < -0.39 is 0 Å². The number of anilines is 2. The minimum atomic E-state index is -0.262. The lowest BCUT2D eigenvalue weighted by atomic mass is 9.67. The highest BCUT2D eigenvalue weighted by molar-refractivity contribution is 5.97. The zero-order chi connectivity index (χ0) is 15.6. The molecule has 1 aliphatic carbocycles. The van der Waals surface area contributed by atoms with E-state index >= 15 is 0 Å². The minimum Gasteiger partial charge on any atom is -0.326 e. The fourth-order valence-corrected chi connectivity index (χ4v) is 3.82. The SMILES string of the molecule is CC(=O)Nc1cccc(NC(=O)[C@@]23CCCC[C@H]2CNC3)c1. The van der Waals surface area contributed by atoms with Crippen LogP contribution >= 0.6 is 0 Å². The minimum absolute atomic E-state index is 0.113. The van der Waals surface area contributed by atoms with Crippen LogP contribution < -0.4 is 16.0 Å². The summed E-state index contributed by atoms with van der Waals surface area (Å²) in [6, 6.07) is 7.32. The van der Waals surface area contributed by atoms with Crippen LogP contribution in [-0.2, 0) is 9.59 Å². The smallest absolute Gasteiger partial charge is 0.232 e. The first-order valence-electron chi connectivity index (χ1n) is 8.00. The lowest BCUT2D eigenvalue weighted by molar-refractivity contribution is -0.128. The predicted octanol–water partition coefficient (Wildman–Crippen LogP) is 2.36. The van der Waals surface area contributed by atoms with Crippen molar-refractivity contribution in [3.05, 3.63) is 24.3 Å². The molecule has 2 aliphatic rings. The highest BCUT2D eigenvalue weighted by Crippen LogP contribution is 2.44. The zero-order valence-electron chi connectivity index (χ0n) is 12.9. The summed E-state index contributed by atoms with van der Waals surface area (Å²) < 4.78 is 0. The topological polar surface area (TPSA) is 70.2 Å². The average Bonchev–Trinajstić information content (AvgIpc) is 2.92. The van der Waals surface area contributed by atoms with Gasteiger partial charge in [-0.2, -0.15) is 0 Å². The Morgan fingerprint density at radius 3 is 2.77 bits per heavy atom. The summed E-state index contributed by atoms with van der Waals surface area (Å²) in [5, 5.41) is 9.19. The Morgan fingerprint density at radius 1 is 1.23 bits per heavy atom. The van der Waals surface area contributed by atoms with Crippen molar-refractivity contribution >= 4 is 23.2 Å². The number of benzene rings is 1. The molecule has 3 rings (SSSR count). The number of amides is 2. The first-order valence-corrected chi connectivity index (χ1v) is 8.00. The van der Waals surface area contributed by atoms with Gasteiger partial charge >= 0.3 is 0 Å². The van der Waals surface area contributed by atoms with Gasteiger partial charge in [0.05, 0.1) is 5.41 Å². The lowest BCUT2D eigenvalue weighted by Gasteiger charge is -2.37. The van der Waals surface area contributed by atoms with Crippen molar-refractivity contribution in [1.29, 1.82) is 0 Å². The molecule has 2 amide bonds. The molecule has 5 heteroatoms. The molecule has 118 valence electrons. The van der Waals surface area contributed by atoms with Crippen molar-refractivity contribution in [2.75, 3.05) is 23.7 Å². The summed E-state index contributed by atoms with van der Waals surface area (Å²) >= 11 is 0. The standard InChI is InChI=1S/C17H23N3O2/c1-12(21)19-14-6-4-7-15(9-14)20-16(22)17-8-3-2-5-13(17)10-18-11-17/h4,6-7,9,13,18H,2-3,5,8,10-11H2,1H3,(H,19,21)(H,20,22)/t13-,17+/m0/s1. The van der Waals surface area contributed by atoms with Gasteiger partial charge in [-0.1, -0.05) is 18.9 Å². The quantitative estimate of drug-likeness (QED) is 0.802. The Kier molecular flexibility index (Phi) is 4.16. The second kappa shape index (κ2) is 6.08. The number of hydrogen-bond donors (Lipinski definition) is 3. The summed E-state index contributed by atoms with van der Waals surface area (Å²) in [4.78, 5) is 24.0. The maximum absolute atomic E-state index is 12.9. The van der Waals surface area contributed by atoms with Gasteiger partial charge in [0.25, 0.3) is 0 Å². The summed E-state index contributed by atoms with van der Waals surface area (Å²) in [6.07, 6.45) is 4.44. The van der Waals surface area contributed by atoms with Gasteiger partial charge in [0.15, 0.2) is 0 Å². The summed E-state index contributed by atoms with van der Waals surface area (Å²) in [6.45, 7) is 3.19. The van der Waals surface area contributed by atoms with Crippen LogP contribution in [-0.4, -0.2) is 24.9 Å². The van der Waals surface area contributed by atoms with E-state index in [0.717, 1.165) is 38.0 Å². The normalized spacial score (nSPS) is 27.0. The second-order valence-corrected chi connectivity index (χ2v) is 6.45. The van der Waals surface area contributed by atoms with Crippen LogP contribution in [0, 0.1) is 11.3 Å². The van der Waals surface area contributed by atoms with Crippen molar-refractivity contribution in [3.63, 3.8) is 0 Å². The third-order valence-corrected chi connectivity index (χ3v) is 4.93. The lowest BCUT2D eigenvalue weighted by Crippen LogP contribution is -2.44. The molecular weight excluding hydrogens is 278 g/mol. The average molecular weight is 301 g/mol. The maximum Gasteiger partial charge on any atom is 0.232 e. The van der Waals surface area contributed by atoms with E-state index in [-0.39, 0.29) is 17.2 Å². The number of nitrogens with one attached hydrogen (secondary N) is 3. The molecule has 5 nitrogen and oxygen atoms in total. The van der Waals surface area contributed by atoms with Crippen molar-refractivity contribution in [3.8, 4) is 0 Å². The number of carbonyl (C=O) groups excluding carboxylic acids is 2. The van der Waals surface area contributed by atoms with Crippen molar-refractivity contribution in [2.45, 2.75) is 32.6 Å². The highest BCUT2D eigenvalue weighted by atomic mass is 16.2. The fourth-order valence-electron chi connectivity index (χ4n) is 3.82. The Hall–Kier alpha value is -1.88. The molecular formula is C17H23N3O2. The van der Waals surface area contributed by atoms with Crippen molar-refractivity contribution in [1.82, 2.24) is 5.32 Å². The summed E-state index contributed by atoms with van der Waals surface area (Å²) in [5.74, 6) is 0.441. The third-order valence-electron chi connectivity index (χ3n) is 4.93. The van der Waals surface area contributed by atoms with Crippen LogP contribution in [0.3, 0.4) is 0 Å². The van der Waals surface area contributed by atoms with Gasteiger partial charge in [0, 0.05) is 24.8 Å². The van der Waals surface area contributed by atoms with Crippen LogP contribution in [0.4, 0.5) is 11.4 Å². The zero-order valence-corrected chi connectivity index (χ0v) is 12.9. The maximum atomic E-state index is 12.9. The molecule has 1 heterocycles. The third kappa shape index (κ3) is 2.86. The summed E-state index contributed by atoms with van der Waals surface area (Å²) in [7, 11) is 0. The number of carbonyl (C=O) groups is 2. The molecule has 1 saturated heterocycles. The van der Waals surface area contributed by atoms with E-state index in [1.165, 1.54) is 13.3 Å². The van der Waals surface area contributed by atoms with Gasteiger partial charge in [0.1, 0.15) is 0 Å².